The van der Waals surface area contributed by atoms with Crippen molar-refractivity contribution in [2.45, 2.75) is 31.7 Å². The second-order valence-electron chi connectivity index (χ2n) is 5.75. The Morgan fingerprint density at radius 3 is 2.33 bits per heavy atom. The number of thiocarbonyl (C=S) groups is 1. The smallest absolute Gasteiger partial charge is 0.238 e. The summed E-state index contributed by atoms with van der Waals surface area (Å²) < 4.78 is 22.6. The second kappa shape index (κ2) is 7.29. The number of hydrogen-bond donors (Lipinski definition) is 3. The maximum atomic E-state index is 11.3. The minimum atomic E-state index is -3.68. The number of nitrogens with two attached hydrogens (primary N) is 1. The van der Waals surface area contributed by atoms with Crippen LogP contribution in [0.2, 0.25) is 0 Å². The zero-order chi connectivity index (χ0) is 17.9. The van der Waals surface area contributed by atoms with Gasteiger partial charge in [-0.1, -0.05) is 24.3 Å². The summed E-state index contributed by atoms with van der Waals surface area (Å²) in [7, 11) is -3.68. The number of sulfonamides is 1. The van der Waals surface area contributed by atoms with Crippen LogP contribution in [-0.4, -0.2) is 13.5 Å². The Balaban J connectivity index is 2.05. The predicted molar refractivity (Wildman–Crippen MR) is 102 cm³/mol. The lowest BCUT2D eigenvalue weighted by Crippen LogP contribution is -2.31. The van der Waals surface area contributed by atoms with Crippen LogP contribution < -0.4 is 15.8 Å². The van der Waals surface area contributed by atoms with Crippen LogP contribution in [0, 0.1) is 13.8 Å². The number of hydrogen-bond acceptors (Lipinski definition) is 3. The molecule has 0 heterocycles. The van der Waals surface area contributed by atoms with Gasteiger partial charge in [0, 0.05) is 5.69 Å². The third kappa shape index (κ3) is 4.77. The number of rotatable bonds is 4. The monoisotopic (exact) mass is 363 g/mol. The largest absolute Gasteiger partial charge is 0.356 e. The van der Waals surface area contributed by atoms with Gasteiger partial charge in [0.15, 0.2) is 5.11 Å². The molecule has 24 heavy (non-hydrogen) atoms. The molecule has 0 fully saturated rings. The normalized spacial score (nSPS) is 12.5. The minimum Gasteiger partial charge on any atom is -0.356 e. The molecule has 0 saturated heterocycles. The Morgan fingerprint density at radius 2 is 1.75 bits per heavy atom. The van der Waals surface area contributed by atoms with Crippen LogP contribution in [0.5, 0.6) is 0 Å². The zero-order valence-corrected chi connectivity index (χ0v) is 15.5. The van der Waals surface area contributed by atoms with Gasteiger partial charge in [0.05, 0.1) is 10.9 Å². The van der Waals surface area contributed by atoms with Gasteiger partial charge in [0.25, 0.3) is 0 Å². The molecular formula is C17H21N3O2S2. The van der Waals surface area contributed by atoms with Gasteiger partial charge in [-0.25, -0.2) is 13.6 Å². The molecule has 0 amide bonds. The molecule has 7 heteroatoms. The summed E-state index contributed by atoms with van der Waals surface area (Å²) in [6, 6.07) is 12.5. The highest BCUT2D eigenvalue weighted by Crippen LogP contribution is 2.18. The summed E-state index contributed by atoms with van der Waals surface area (Å²) in [6.07, 6.45) is 0. The standard InChI is InChI=1S/C17H21N3O2S2/c1-11-4-5-12(2)16(10-11)20-17(23)19-13(3)14-6-8-15(9-7-14)24(18,21)22/h4-10,13H,1-3H3,(H2,18,21,22)(H2,19,20,23)/t13-/m1/s1. The van der Waals surface area contributed by atoms with E-state index in [0.717, 1.165) is 22.4 Å². The summed E-state index contributed by atoms with van der Waals surface area (Å²) in [4.78, 5) is 0.0922. The fourth-order valence-corrected chi connectivity index (χ4v) is 3.06. The van der Waals surface area contributed by atoms with Crippen LogP contribution >= 0.6 is 12.2 Å². The molecule has 2 aromatic rings. The van der Waals surface area contributed by atoms with Gasteiger partial charge in [0.2, 0.25) is 10.0 Å². The molecular weight excluding hydrogens is 342 g/mol. The van der Waals surface area contributed by atoms with Crippen molar-refractivity contribution in [2.24, 2.45) is 5.14 Å². The lowest BCUT2D eigenvalue weighted by atomic mass is 10.1. The predicted octanol–water partition coefficient (Wildman–Crippen LogP) is 3.00. The molecule has 0 radical (unpaired) electrons. The Kier molecular flexibility index (Phi) is 5.58. The Labute approximate surface area is 148 Å². The summed E-state index contributed by atoms with van der Waals surface area (Å²) >= 11 is 5.36. The molecule has 0 spiro atoms. The van der Waals surface area contributed by atoms with Gasteiger partial charge in [-0.15, -0.1) is 0 Å². The highest BCUT2D eigenvalue weighted by molar-refractivity contribution is 7.89. The number of nitrogens with one attached hydrogen (secondary N) is 2. The summed E-state index contributed by atoms with van der Waals surface area (Å²) in [5.74, 6) is 0. The lowest BCUT2D eigenvalue weighted by molar-refractivity contribution is 0.597. The van der Waals surface area contributed by atoms with E-state index in [0.29, 0.717) is 5.11 Å². The van der Waals surface area contributed by atoms with E-state index in [1.165, 1.54) is 12.1 Å². The molecule has 2 rings (SSSR count). The molecule has 0 bridgehead atoms. The molecule has 0 saturated carbocycles. The summed E-state index contributed by atoms with van der Waals surface area (Å²) in [5.41, 5.74) is 4.13. The third-order valence-corrected chi connectivity index (χ3v) is 4.85. The van der Waals surface area contributed by atoms with Gasteiger partial charge in [-0.05, 0) is 67.9 Å². The van der Waals surface area contributed by atoms with Gasteiger partial charge in [0.1, 0.15) is 0 Å². The van der Waals surface area contributed by atoms with Gasteiger partial charge in [-0.2, -0.15) is 0 Å². The average molecular weight is 364 g/mol. The van der Waals surface area contributed by atoms with Gasteiger partial charge in [-0.3, -0.25) is 0 Å². The molecule has 2 aromatic carbocycles. The van der Waals surface area contributed by atoms with Crippen LogP contribution in [0.15, 0.2) is 47.4 Å². The van der Waals surface area contributed by atoms with Crippen molar-refractivity contribution in [3.05, 3.63) is 59.2 Å². The van der Waals surface area contributed by atoms with Gasteiger partial charge >= 0.3 is 0 Å². The molecule has 0 aliphatic heterocycles. The van der Waals surface area contributed by atoms with Crippen LogP contribution in [0.25, 0.3) is 0 Å². The van der Waals surface area contributed by atoms with E-state index in [1.807, 2.05) is 39.0 Å². The quantitative estimate of drug-likeness (QED) is 0.727. The molecule has 0 aromatic heterocycles. The van der Waals surface area contributed by atoms with Crippen molar-refractivity contribution in [3.63, 3.8) is 0 Å². The van der Waals surface area contributed by atoms with Crippen LogP contribution in [0.3, 0.4) is 0 Å². The average Bonchev–Trinajstić information content (AvgIpc) is 2.50. The fraction of sp³-hybridized carbons (Fsp3) is 0.235. The molecule has 1 atom stereocenters. The van der Waals surface area contributed by atoms with Crippen molar-refractivity contribution < 1.29 is 8.42 Å². The molecule has 5 nitrogen and oxygen atoms in total. The Hall–Kier alpha value is -1.96. The van der Waals surface area contributed by atoms with E-state index in [9.17, 15) is 8.42 Å². The molecule has 128 valence electrons. The molecule has 0 unspecified atom stereocenters. The zero-order valence-electron chi connectivity index (χ0n) is 13.8. The molecule has 4 N–H and O–H groups in total. The van der Waals surface area contributed by atoms with Crippen molar-refractivity contribution >= 4 is 33.0 Å². The molecule has 0 aliphatic rings. The number of aryl methyl sites for hydroxylation is 2. The highest BCUT2D eigenvalue weighted by atomic mass is 32.2. The first-order chi connectivity index (χ1) is 11.2. The van der Waals surface area contributed by atoms with E-state index in [1.54, 1.807) is 12.1 Å². The minimum absolute atomic E-state index is 0.0790. The van der Waals surface area contributed by atoms with Gasteiger partial charge < -0.3 is 10.6 Å². The number of primary sulfonamides is 1. The van der Waals surface area contributed by atoms with Crippen LogP contribution in [0.1, 0.15) is 29.7 Å². The van der Waals surface area contributed by atoms with Crippen molar-refractivity contribution in [1.29, 1.82) is 0 Å². The number of benzene rings is 2. The fourth-order valence-electron chi connectivity index (χ4n) is 2.26. The number of anilines is 1. The SMILES string of the molecule is Cc1ccc(C)c(NC(=S)N[C@H](C)c2ccc(S(N)(=O)=O)cc2)c1. The maximum absolute atomic E-state index is 11.3. The van der Waals surface area contributed by atoms with Crippen LogP contribution in [0.4, 0.5) is 5.69 Å². The van der Waals surface area contributed by atoms with Crippen molar-refractivity contribution in [3.8, 4) is 0 Å². The maximum Gasteiger partial charge on any atom is 0.238 e. The topological polar surface area (TPSA) is 84.2 Å². The van der Waals surface area contributed by atoms with E-state index < -0.39 is 10.0 Å². The van der Waals surface area contributed by atoms with E-state index in [4.69, 9.17) is 17.4 Å². The Morgan fingerprint density at radius 1 is 1.12 bits per heavy atom. The summed E-state index contributed by atoms with van der Waals surface area (Å²) in [5, 5.41) is 12.0. The van der Waals surface area contributed by atoms with E-state index in [-0.39, 0.29) is 10.9 Å². The first-order valence-corrected chi connectivity index (χ1v) is 9.40. The van der Waals surface area contributed by atoms with E-state index in [2.05, 4.69) is 10.6 Å². The highest BCUT2D eigenvalue weighted by Gasteiger charge is 2.11. The second-order valence-corrected chi connectivity index (χ2v) is 7.72. The Bertz CT molecular complexity index is 847. The third-order valence-electron chi connectivity index (χ3n) is 3.70. The first-order valence-electron chi connectivity index (χ1n) is 7.44. The van der Waals surface area contributed by atoms with Crippen molar-refractivity contribution in [1.82, 2.24) is 5.32 Å². The molecule has 0 aliphatic carbocycles. The van der Waals surface area contributed by atoms with Crippen molar-refractivity contribution in [2.75, 3.05) is 5.32 Å². The van der Waals surface area contributed by atoms with Crippen LogP contribution in [-0.2, 0) is 10.0 Å². The summed E-state index contributed by atoms with van der Waals surface area (Å²) in [6.45, 7) is 5.99. The first kappa shape index (κ1) is 18.4. The van der Waals surface area contributed by atoms with E-state index >= 15 is 0 Å². The lowest BCUT2D eigenvalue weighted by Gasteiger charge is -2.18.